The molecule has 10 nitrogen and oxygen atoms in total. The summed E-state index contributed by atoms with van der Waals surface area (Å²) in [5.41, 5.74) is 0. The smallest absolute Gasteiger partial charge is 0.194 e. The minimum atomic E-state index is 0.522. The van der Waals surface area contributed by atoms with Gasteiger partial charge in [0, 0.05) is 52.8 Å². The Hall–Kier alpha value is -1.75. The van der Waals surface area contributed by atoms with Crippen molar-refractivity contribution in [3.63, 3.8) is 0 Å². The van der Waals surface area contributed by atoms with Gasteiger partial charge in [0.1, 0.15) is 12.4 Å². The second-order valence-electron chi connectivity index (χ2n) is 8.27. The molecule has 31 heavy (non-hydrogen) atoms. The van der Waals surface area contributed by atoms with Crippen molar-refractivity contribution in [3.8, 4) is 0 Å². The Morgan fingerprint density at radius 3 is 2.81 bits per heavy atom. The lowest BCUT2D eigenvalue weighted by molar-refractivity contribution is 0.0375. The fourth-order valence-corrected chi connectivity index (χ4v) is 3.88. The summed E-state index contributed by atoms with van der Waals surface area (Å²) in [5, 5.41) is 12.0. The van der Waals surface area contributed by atoms with Crippen LogP contribution in [-0.2, 0) is 27.8 Å². The summed E-state index contributed by atoms with van der Waals surface area (Å²) >= 11 is 0. The van der Waals surface area contributed by atoms with E-state index in [2.05, 4.69) is 25.3 Å². The Kier molecular flexibility index (Phi) is 9.98. The van der Waals surface area contributed by atoms with Crippen molar-refractivity contribution in [2.24, 2.45) is 18.0 Å². The Balaban J connectivity index is 1.51. The first kappa shape index (κ1) is 23.9. The molecule has 0 aliphatic carbocycles. The van der Waals surface area contributed by atoms with Crippen molar-refractivity contribution in [3.05, 3.63) is 11.6 Å². The third kappa shape index (κ3) is 7.71. The van der Waals surface area contributed by atoms with Gasteiger partial charge < -0.3 is 29.0 Å². The van der Waals surface area contributed by atoms with E-state index < -0.39 is 0 Å². The lowest BCUT2D eigenvalue weighted by atomic mass is 10.1. The van der Waals surface area contributed by atoms with E-state index in [-0.39, 0.29) is 0 Å². The van der Waals surface area contributed by atoms with Crippen molar-refractivity contribution >= 4 is 5.96 Å². The molecule has 0 saturated carbocycles. The molecule has 176 valence electrons. The van der Waals surface area contributed by atoms with Crippen molar-refractivity contribution < 1.29 is 14.2 Å². The van der Waals surface area contributed by atoms with Gasteiger partial charge in [0.15, 0.2) is 11.8 Å². The van der Waals surface area contributed by atoms with Gasteiger partial charge in [0.05, 0.1) is 33.0 Å². The van der Waals surface area contributed by atoms with Crippen LogP contribution in [0.25, 0.3) is 0 Å². The number of aryl methyl sites for hydroxylation is 1. The summed E-state index contributed by atoms with van der Waals surface area (Å²) < 4.78 is 18.2. The lowest BCUT2D eigenvalue weighted by Gasteiger charge is -2.27. The first-order valence-electron chi connectivity index (χ1n) is 11.4. The number of nitrogens with one attached hydrogen (secondary N) is 1. The molecule has 0 aromatic carbocycles. The fraction of sp³-hybridized carbons (Fsp3) is 0.857. The third-order valence-corrected chi connectivity index (χ3v) is 5.96. The summed E-state index contributed by atoms with van der Waals surface area (Å²) in [6.45, 7) is 12.2. The van der Waals surface area contributed by atoms with Crippen LogP contribution in [0.15, 0.2) is 4.99 Å². The van der Waals surface area contributed by atoms with Crippen LogP contribution in [0.4, 0.5) is 0 Å². The second kappa shape index (κ2) is 12.9. The monoisotopic (exact) mass is 437 g/mol. The number of hydrogen-bond acceptors (Lipinski definition) is 7. The number of aliphatic imine (C=N–C) groups is 1. The van der Waals surface area contributed by atoms with E-state index in [9.17, 15) is 0 Å². The average molecular weight is 438 g/mol. The molecule has 3 rings (SSSR count). The van der Waals surface area contributed by atoms with Crippen LogP contribution in [0, 0.1) is 12.8 Å². The van der Waals surface area contributed by atoms with Crippen molar-refractivity contribution in [2.45, 2.75) is 26.3 Å². The standard InChI is InChI=1S/C21H39N7O3/c1-18-24-25-20(26(18)2)15-23-21(22-6-4-7-27-9-11-30-12-10-27)28-8-5-19(16-28)17-31-14-13-29-3/h19H,4-17H2,1-3H3,(H,22,23). The van der Waals surface area contributed by atoms with Gasteiger partial charge >= 0.3 is 0 Å². The molecular weight excluding hydrogens is 398 g/mol. The van der Waals surface area contributed by atoms with E-state index in [1.54, 1.807) is 7.11 Å². The lowest BCUT2D eigenvalue weighted by Crippen LogP contribution is -2.42. The molecule has 2 saturated heterocycles. The summed E-state index contributed by atoms with van der Waals surface area (Å²) in [6, 6.07) is 0. The maximum atomic E-state index is 5.75. The topological polar surface area (TPSA) is 89.3 Å². The van der Waals surface area contributed by atoms with Crippen LogP contribution in [-0.4, -0.2) is 110 Å². The van der Waals surface area contributed by atoms with Gasteiger partial charge in [0.25, 0.3) is 0 Å². The molecule has 0 radical (unpaired) electrons. The first-order chi connectivity index (χ1) is 15.2. The van der Waals surface area contributed by atoms with Gasteiger partial charge in [-0.15, -0.1) is 10.2 Å². The third-order valence-electron chi connectivity index (χ3n) is 5.96. The normalized spacial score (nSPS) is 20.5. The highest BCUT2D eigenvalue weighted by Crippen LogP contribution is 2.17. The molecule has 1 unspecified atom stereocenters. The average Bonchev–Trinajstić information content (AvgIpc) is 3.39. The Morgan fingerprint density at radius 2 is 2.06 bits per heavy atom. The quantitative estimate of drug-likeness (QED) is 0.300. The number of hydrogen-bond donors (Lipinski definition) is 1. The highest BCUT2D eigenvalue weighted by atomic mass is 16.5. The minimum absolute atomic E-state index is 0.522. The largest absolute Gasteiger partial charge is 0.382 e. The van der Waals surface area contributed by atoms with Gasteiger partial charge in [0.2, 0.25) is 0 Å². The predicted molar refractivity (Wildman–Crippen MR) is 119 cm³/mol. The molecular formula is C21H39N7O3. The summed E-state index contributed by atoms with van der Waals surface area (Å²) in [4.78, 5) is 9.71. The van der Waals surface area contributed by atoms with Crippen molar-refractivity contribution in [1.29, 1.82) is 0 Å². The molecule has 0 bridgehead atoms. The molecule has 0 amide bonds. The molecule has 1 aromatic heterocycles. The number of ether oxygens (including phenoxy) is 3. The maximum absolute atomic E-state index is 5.75. The number of guanidine groups is 1. The number of morpholine rings is 1. The molecule has 0 spiro atoms. The van der Waals surface area contributed by atoms with E-state index in [0.29, 0.717) is 25.7 Å². The molecule has 2 aliphatic heterocycles. The molecule has 10 heteroatoms. The van der Waals surface area contributed by atoms with Gasteiger partial charge in [-0.25, -0.2) is 4.99 Å². The SMILES string of the molecule is COCCOCC1CCN(C(=NCc2nnc(C)n2C)NCCCN2CCOCC2)C1. The van der Waals surface area contributed by atoms with E-state index in [1.165, 1.54) is 0 Å². The zero-order valence-electron chi connectivity index (χ0n) is 19.4. The van der Waals surface area contributed by atoms with Gasteiger partial charge in [-0.2, -0.15) is 0 Å². The number of rotatable bonds is 11. The van der Waals surface area contributed by atoms with E-state index in [1.807, 2.05) is 18.5 Å². The Bertz CT molecular complexity index is 676. The second-order valence-corrected chi connectivity index (χ2v) is 8.27. The summed E-state index contributed by atoms with van der Waals surface area (Å²) in [6.07, 6.45) is 2.20. The minimum Gasteiger partial charge on any atom is -0.382 e. The zero-order valence-corrected chi connectivity index (χ0v) is 19.4. The molecule has 2 aliphatic rings. The first-order valence-corrected chi connectivity index (χ1v) is 11.4. The number of likely N-dealkylation sites (tertiary alicyclic amines) is 1. The van der Waals surface area contributed by atoms with Crippen LogP contribution in [0.1, 0.15) is 24.5 Å². The van der Waals surface area contributed by atoms with Gasteiger partial charge in [-0.05, 0) is 26.3 Å². The van der Waals surface area contributed by atoms with Crippen LogP contribution >= 0.6 is 0 Å². The van der Waals surface area contributed by atoms with Gasteiger partial charge in [-0.3, -0.25) is 4.90 Å². The van der Waals surface area contributed by atoms with Crippen LogP contribution in [0.2, 0.25) is 0 Å². The van der Waals surface area contributed by atoms with E-state index >= 15 is 0 Å². The molecule has 1 N–H and O–H groups in total. The number of nitrogens with zero attached hydrogens (tertiary/aromatic N) is 6. The summed E-state index contributed by atoms with van der Waals surface area (Å²) in [7, 11) is 3.69. The summed E-state index contributed by atoms with van der Waals surface area (Å²) in [5.74, 6) is 3.26. The van der Waals surface area contributed by atoms with Crippen LogP contribution in [0.3, 0.4) is 0 Å². The van der Waals surface area contributed by atoms with Crippen LogP contribution in [0.5, 0.6) is 0 Å². The van der Waals surface area contributed by atoms with E-state index in [4.69, 9.17) is 19.2 Å². The van der Waals surface area contributed by atoms with E-state index in [0.717, 1.165) is 89.5 Å². The highest BCUT2D eigenvalue weighted by molar-refractivity contribution is 5.80. The fourth-order valence-electron chi connectivity index (χ4n) is 3.88. The number of aromatic nitrogens is 3. The predicted octanol–water partition coefficient (Wildman–Crippen LogP) is 0.276. The molecule has 2 fully saturated rings. The highest BCUT2D eigenvalue weighted by Gasteiger charge is 2.25. The maximum Gasteiger partial charge on any atom is 0.194 e. The van der Waals surface area contributed by atoms with Crippen molar-refractivity contribution in [1.82, 2.24) is 29.9 Å². The molecule has 1 atom stereocenters. The number of methoxy groups -OCH3 is 1. The molecule has 1 aromatic rings. The van der Waals surface area contributed by atoms with Crippen LogP contribution < -0.4 is 5.32 Å². The zero-order chi connectivity index (χ0) is 21.9. The van der Waals surface area contributed by atoms with Gasteiger partial charge in [-0.1, -0.05) is 0 Å². The Morgan fingerprint density at radius 1 is 1.23 bits per heavy atom. The molecule has 3 heterocycles. The van der Waals surface area contributed by atoms with Crippen molar-refractivity contribution in [2.75, 3.05) is 79.4 Å². The Labute approximate surface area is 185 Å².